The van der Waals surface area contributed by atoms with Gasteiger partial charge in [0.15, 0.2) is 11.5 Å². The molecule has 6 heteroatoms. The van der Waals surface area contributed by atoms with E-state index in [2.05, 4.69) is 10.6 Å². The predicted molar refractivity (Wildman–Crippen MR) is 104 cm³/mol. The molecular weight excluding hydrogens is 344 g/mol. The van der Waals surface area contributed by atoms with E-state index in [4.69, 9.17) is 9.47 Å². The maximum Gasteiger partial charge on any atom is 0.313 e. The molecule has 0 unspecified atom stereocenters. The zero-order valence-electron chi connectivity index (χ0n) is 15.9. The summed E-state index contributed by atoms with van der Waals surface area (Å²) in [5.74, 6) is 0.0166. The third kappa shape index (κ3) is 6.15. The number of carbonyl (C=O) groups excluding carboxylic acids is 2. The second-order valence-corrected chi connectivity index (χ2v) is 7.45. The standard InChI is InChI=1S/C21H30N2O4/c24-20(21(25)23-17-12-13-18-19(14-17)27-15-26-18)22-16-10-8-6-4-2-1-3-5-7-9-11-16/h12-14,16H,1-11,15H2,(H,22,24)(H,23,25). The molecule has 1 aliphatic carbocycles. The minimum atomic E-state index is -0.639. The topological polar surface area (TPSA) is 76.7 Å². The fourth-order valence-corrected chi connectivity index (χ4v) is 3.72. The number of ether oxygens (including phenoxy) is 2. The molecule has 1 aromatic rings. The molecule has 2 aliphatic rings. The average Bonchev–Trinajstić information content (AvgIpc) is 3.11. The number of benzene rings is 1. The summed E-state index contributed by atoms with van der Waals surface area (Å²) in [7, 11) is 0. The van der Waals surface area contributed by atoms with E-state index in [0.29, 0.717) is 17.2 Å². The molecule has 1 saturated carbocycles. The van der Waals surface area contributed by atoms with Crippen molar-refractivity contribution in [3.8, 4) is 11.5 Å². The Hall–Kier alpha value is -2.24. The van der Waals surface area contributed by atoms with Gasteiger partial charge in [0.2, 0.25) is 6.79 Å². The first-order chi connectivity index (χ1) is 13.2. The van der Waals surface area contributed by atoms with Gasteiger partial charge >= 0.3 is 11.8 Å². The van der Waals surface area contributed by atoms with Gasteiger partial charge in [-0.05, 0) is 25.0 Å². The SMILES string of the molecule is O=C(Nc1ccc2c(c1)OCO2)C(=O)NC1CCCCCCCCCCC1. The van der Waals surface area contributed by atoms with Crippen LogP contribution in [0.4, 0.5) is 5.69 Å². The number of carbonyl (C=O) groups is 2. The lowest BCUT2D eigenvalue weighted by Crippen LogP contribution is -2.41. The van der Waals surface area contributed by atoms with Gasteiger partial charge in [-0.2, -0.15) is 0 Å². The van der Waals surface area contributed by atoms with Crippen LogP contribution >= 0.6 is 0 Å². The van der Waals surface area contributed by atoms with E-state index in [1.54, 1.807) is 18.2 Å². The molecule has 0 spiro atoms. The molecule has 0 atom stereocenters. The number of rotatable bonds is 2. The van der Waals surface area contributed by atoms with Crippen molar-refractivity contribution in [2.24, 2.45) is 0 Å². The zero-order valence-corrected chi connectivity index (χ0v) is 15.9. The summed E-state index contributed by atoms with van der Waals surface area (Å²) >= 11 is 0. The Morgan fingerprint density at radius 1 is 0.778 bits per heavy atom. The number of anilines is 1. The molecule has 1 aliphatic heterocycles. The van der Waals surface area contributed by atoms with Gasteiger partial charge in [0.05, 0.1) is 0 Å². The lowest BCUT2D eigenvalue weighted by molar-refractivity contribution is -0.136. The Morgan fingerprint density at radius 3 is 2.04 bits per heavy atom. The second-order valence-electron chi connectivity index (χ2n) is 7.45. The van der Waals surface area contributed by atoms with E-state index in [-0.39, 0.29) is 12.8 Å². The Labute approximate surface area is 161 Å². The molecule has 6 nitrogen and oxygen atoms in total. The van der Waals surface area contributed by atoms with Gasteiger partial charge in [-0.3, -0.25) is 9.59 Å². The minimum absolute atomic E-state index is 0.0828. The van der Waals surface area contributed by atoms with Crippen LogP contribution in [-0.2, 0) is 9.59 Å². The van der Waals surface area contributed by atoms with Crippen LogP contribution in [0, 0.1) is 0 Å². The Balaban J connectivity index is 1.49. The summed E-state index contributed by atoms with van der Waals surface area (Å²) in [5, 5.41) is 5.58. The van der Waals surface area contributed by atoms with Crippen molar-refractivity contribution in [2.75, 3.05) is 12.1 Å². The van der Waals surface area contributed by atoms with Crippen molar-refractivity contribution in [3.05, 3.63) is 18.2 Å². The van der Waals surface area contributed by atoms with Crippen LogP contribution in [-0.4, -0.2) is 24.6 Å². The number of fused-ring (bicyclic) bond motifs is 1. The first kappa shape index (κ1) is 19.5. The molecule has 0 bridgehead atoms. The molecule has 0 radical (unpaired) electrons. The summed E-state index contributed by atoms with van der Waals surface area (Å²) in [6.07, 6.45) is 13.0. The van der Waals surface area contributed by atoms with Crippen LogP contribution in [0.15, 0.2) is 18.2 Å². The number of amides is 2. The number of hydrogen-bond donors (Lipinski definition) is 2. The summed E-state index contributed by atoms with van der Waals surface area (Å²) in [5.41, 5.74) is 0.526. The van der Waals surface area contributed by atoms with Gasteiger partial charge in [0, 0.05) is 17.8 Å². The van der Waals surface area contributed by atoms with Gasteiger partial charge in [0.1, 0.15) is 0 Å². The van der Waals surface area contributed by atoms with Crippen molar-refractivity contribution in [1.82, 2.24) is 5.32 Å². The van der Waals surface area contributed by atoms with Gasteiger partial charge in [0.25, 0.3) is 0 Å². The Kier molecular flexibility index (Phi) is 7.36. The van der Waals surface area contributed by atoms with Crippen LogP contribution in [0.2, 0.25) is 0 Å². The lowest BCUT2D eigenvalue weighted by Gasteiger charge is -2.19. The minimum Gasteiger partial charge on any atom is -0.454 e. The summed E-state index contributed by atoms with van der Waals surface area (Å²) in [6, 6.07) is 5.18. The molecule has 1 aromatic carbocycles. The van der Waals surface area contributed by atoms with Crippen molar-refractivity contribution in [1.29, 1.82) is 0 Å². The van der Waals surface area contributed by atoms with Crippen LogP contribution < -0.4 is 20.1 Å². The fourth-order valence-electron chi connectivity index (χ4n) is 3.72. The highest BCUT2D eigenvalue weighted by Crippen LogP contribution is 2.34. The van der Waals surface area contributed by atoms with Crippen LogP contribution in [0.1, 0.15) is 70.6 Å². The highest BCUT2D eigenvalue weighted by Gasteiger charge is 2.20. The van der Waals surface area contributed by atoms with E-state index in [0.717, 1.165) is 25.7 Å². The summed E-state index contributed by atoms with van der Waals surface area (Å²) < 4.78 is 10.5. The first-order valence-corrected chi connectivity index (χ1v) is 10.2. The molecule has 0 aromatic heterocycles. The predicted octanol–water partition coefficient (Wildman–Crippen LogP) is 4.14. The smallest absolute Gasteiger partial charge is 0.313 e. The largest absolute Gasteiger partial charge is 0.454 e. The highest BCUT2D eigenvalue weighted by atomic mass is 16.7. The maximum absolute atomic E-state index is 12.3. The molecule has 2 N–H and O–H groups in total. The monoisotopic (exact) mass is 374 g/mol. The van der Waals surface area contributed by atoms with Gasteiger partial charge in [-0.25, -0.2) is 0 Å². The zero-order chi connectivity index (χ0) is 18.9. The van der Waals surface area contributed by atoms with Crippen molar-refractivity contribution < 1.29 is 19.1 Å². The molecule has 0 saturated heterocycles. The highest BCUT2D eigenvalue weighted by molar-refractivity contribution is 6.39. The average molecular weight is 374 g/mol. The first-order valence-electron chi connectivity index (χ1n) is 10.2. The summed E-state index contributed by atoms with van der Waals surface area (Å²) in [4.78, 5) is 24.6. The van der Waals surface area contributed by atoms with Gasteiger partial charge < -0.3 is 20.1 Å². The van der Waals surface area contributed by atoms with Gasteiger partial charge in [-0.15, -0.1) is 0 Å². The fraction of sp³-hybridized carbons (Fsp3) is 0.619. The quantitative estimate of drug-likeness (QED) is 0.763. The Bertz CT molecular complexity index is 635. The van der Waals surface area contributed by atoms with Crippen molar-refractivity contribution in [3.63, 3.8) is 0 Å². The summed E-state index contributed by atoms with van der Waals surface area (Å²) in [6.45, 7) is 0.175. The maximum atomic E-state index is 12.3. The van der Waals surface area contributed by atoms with Crippen molar-refractivity contribution >= 4 is 17.5 Å². The molecule has 148 valence electrons. The van der Waals surface area contributed by atoms with E-state index in [9.17, 15) is 9.59 Å². The van der Waals surface area contributed by atoms with E-state index in [1.807, 2.05) is 0 Å². The molecule has 1 heterocycles. The van der Waals surface area contributed by atoms with Crippen molar-refractivity contribution in [2.45, 2.75) is 76.7 Å². The normalized spacial score (nSPS) is 18.8. The van der Waals surface area contributed by atoms with Crippen LogP contribution in [0.3, 0.4) is 0 Å². The number of nitrogens with one attached hydrogen (secondary N) is 2. The second kappa shape index (κ2) is 10.2. The third-order valence-electron chi connectivity index (χ3n) is 5.28. The molecule has 27 heavy (non-hydrogen) atoms. The van der Waals surface area contributed by atoms with E-state index in [1.165, 1.54) is 44.9 Å². The number of hydrogen-bond acceptors (Lipinski definition) is 4. The lowest BCUT2D eigenvalue weighted by atomic mass is 9.98. The Morgan fingerprint density at radius 2 is 1.37 bits per heavy atom. The van der Waals surface area contributed by atoms with Crippen LogP contribution in [0.25, 0.3) is 0 Å². The third-order valence-corrected chi connectivity index (χ3v) is 5.28. The molecule has 3 rings (SSSR count). The molecule has 2 amide bonds. The molecular formula is C21H30N2O4. The van der Waals surface area contributed by atoms with Gasteiger partial charge in [-0.1, -0.05) is 57.8 Å². The van der Waals surface area contributed by atoms with E-state index < -0.39 is 11.8 Å². The van der Waals surface area contributed by atoms with Crippen LogP contribution in [0.5, 0.6) is 11.5 Å². The van der Waals surface area contributed by atoms with E-state index >= 15 is 0 Å². The molecule has 1 fully saturated rings.